The first-order chi connectivity index (χ1) is 11.0. The number of thiazole rings is 1. The predicted octanol–water partition coefficient (Wildman–Crippen LogP) is 2.88. The van der Waals surface area contributed by atoms with Crippen molar-refractivity contribution < 1.29 is 19.4 Å². The van der Waals surface area contributed by atoms with Crippen molar-refractivity contribution in [2.75, 3.05) is 11.9 Å². The average molecular weight is 334 g/mol. The van der Waals surface area contributed by atoms with Crippen LogP contribution in [0.1, 0.15) is 23.4 Å². The summed E-state index contributed by atoms with van der Waals surface area (Å²) >= 11 is 1.20. The van der Waals surface area contributed by atoms with Crippen molar-refractivity contribution >= 4 is 28.3 Å². The summed E-state index contributed by atoms with van der Waals surface area (Å²) in [5, 5.41) is 11.9. The van der Waals surface area contributed by atoms with Crippen LogP contribution in [0.25, 0.3) is 0 Å². The molecule has 0 spiro atoms. The number of nitrogens with zero attached hydrogens (tertiary/aromatic N) is 1. The summed E-state index contributed by atoms with van der Waals surface area (Å²) in [5.74, 6) is -0.285. The highest BCUT2D eigenvalue weighted by Crippen LogP contribution is 2.23. The van der Waals surface area contributed by atoms with Crippen molar-refractivity contribution in [1.29, 1.82) is 0 Å². The van der Waals surface area contributed by atoms with E-state index in [0.29, 0.717) is 35.2 Å². The molecule has 0 bridgehead atoms. The Labute approximate surface area is 138 Å². The molecule has 2 aromatic rings. The van der Waals surface area contributed by atoms with Crippen LogP contribution in [-0.4, -0.2) is 28.6 Å². The van der Waals surface area contributed by atoms with Gasteiger partial charge in [-0.05, 0) is 25.5 Å². The number of nitrogens with one attached hydrogen (secondary N) is 1. The third-order valence-corrected chi connectivity index (χ3v) is 4.08. The van der Waals surface area contributed by atoms with Crippen LogP contribution in [0, 0.1) is 6.92 Å². The molecule has 0 aliphatic heterocycles. The molecule has 0 aliphatic rings. The number of hydrogen-bond acceptors (Lipinski definition) is 5. The van der Waals surface area contributed by atoms with E-state index in [4.69, 9.17) is 9.84 Å². The van der Waals surface area contributed by atoms with Crippen LogP contribution in [0.2, 0.25) is 0 Å². The lowest BCUT2D eigenvalue weighted by molar-refractivity contribution is -0.136. The highest BCUT2D eigenvalue weighted by molar-refractivity contribution is 7.16. The molecule has 0 atom stereocenters. The van der Waals surface area contributed by atoms with E-state index in [1.807, 2.05) is 30.3 Å². The average Bonchev–Trinajstić information content (AvgIpc) is 2.83. The van der Waals surface area contributed by atoms with E-state index in [0.717, 1.165) is 5.75 Å². The van der Waals surface area contributed by atoms with Gasteiger partial charge in [-0.3, -0.25) is 9.59 Å². The smallest absolute Gasteiger partial charge is 0.308 e. The Kier molecular flexibility index (Phi) is 6.10. The monoisotopic (exact) mass is 334 g/mol. The Balaban J connectivity index is 1.73. The minimum Gasteiger partial charge on any atom is -0.494 e. The first-order valence-corrected chi connectivity index (χ1v) is 8.02. The predicted molar refractivity (Wildman–Crippen MR) is 88.0 cm³/mol. The zero-order valence-corrected chi connectivity index (χ0v) is 13.6. The number of ether oxygens (including phenoxy) is 1. The lowest BCUT2D eigenvalue weighted by Crippen LogP contribution is -2.12. The van der Waals surface area contributed by atoms with Crippen LogP contribution in [0.5, 0.6) is 5.75 Å². The number of aromatic nitrogens is 1. The van der Waals surface area contributed by atoms with Gasteiger partial charge < -0.3 is 15.2 Å². The van der Waals surface area contributed by atoms with Gasteiger partial charge in [-0.15, -0.1) is 11.3 Å². The number of aliphatic carboxylic acids is 1. The number of hydrogen-bond donors (Lipinski definition) is 2. The first kappa shape index (κ1) is 17.0. The van der Waals surface area contributed by atoms with Crippen LogP contribution in [0.3, 0.4) is 0 Å². The van der Waals surface area contributed by atoms with Gasteiger partial charge in [0.1, 0.15) is 5.75 Å². The second-order valence-electron chi connectivity index (χ2n) is 4.91. The lowest BCUT2D eigenvalue weighted by Gasteiger charge is -2.05. The highest BCUT2D eigenvalue weighted by Gasteiger charge is 2.12. The van der Waals surface area contributed by atoms with Crippen LogP contribution >= 0.6 is 11.3 Å². The lowest BCUT2D eigenvalue weighted by atomic mass is 10.3. The highest BCUT2D eigenvalue weighted by atomic mass is 32.1. The number of anilines is 1. The van der Waals surface area contributed by atoms with Crippen molar-refractivity contribution in [2.45, 2.75) is 26.2 Å². The first-order valence-electron chi connectivity index (χ1n) is 7.20. The van der Waals surface area contributed by atoms with E-state index in [9.17, 15) is 9.59 Å². The van der Waals surface area contributed by atoms with Gasteiger partial charge in [0.25, 0.3) is 0 Å². The molecule has 1 heterocycles. The number of benzene rings is 1. The summed E-state index contributed by atoms with van der Waals surface area (Å²) in [4.78, 5) is 27.4. The Morgan fingerprint density at radius 2 is 2.04 bits per heavy atom. The summed E-state index contributed by atoms with van der Waals surface area (Å²) in [6.45, 7) is 2.19. The molecule has 1 aromatic heterocycles. The van der Waals surface area contributed by atoms with Gasteiger partial charge in [0.05, 0.1) is 18.7 Å². The van der Waals surface area contributed by atoms with Gasteiger partial charge in [-0.25, -0.2) is 4.98 Å². The molecule has 1 amide bonds. The van der Waals surface area contributed by atoms with Gasteiger partial charge in [0.2, 0.25) is 5.91 Å². The second kappa shape index (κ2) is 8.28. The third-order valence-electron chi connectivity index (χ3n) is 3.01. The van der Waals surface area contributed by atoms with Crippen molar-refractivity contribution in [3.05, 3.63) is 40.9 Å². The molecule has 0 radical (unpaired) electrons. The number of para-hydroxylation sites is 1. The minimum atomic E-state index is -0.910. The van der Waals surface area contributed by atoms with E-state index in [2.05, 4.69) is 10.3 Å². The molecular formula is C16H18N2O4S. The van der Waals surface area contributed by atoms with Crippen molar-refractivity contribution in [1.82, 2.24) is 4.98 Å². The molecule has 0 unspecified atom stereocenters. The maximum atomic E-state index is 11.9. The van der Waals surface area contributed by atoms with Gasteiger partial charge in [0, 0.05) is 11.3 Å². The SMILES string of the molecule is Cc1nc(NC(=O)CCCOc2ccccc2)sc1CC(=O)O. The van der Waals surface area contributed by atoms with E-state index >= 15 is 0 Å². The molecule has 2 rings (SSSR count). The number of carboxylic acids is 1. The molecule has 0 saturated heterocycles. The zero-order chi connectivity index (χ0) is 16.7. The summed E-state index contributed by atoms with van der Waals surface area (Å²) in [7, 11) is 0. The fraction of sp³-hybridized carbons (Fsp3) is 0.312. The Bertz CT molecular complexity index is 670. The summed E-state index contributed by atoms with van der Waals surface area (Å²) in [6, 6.07) is 9.42. The maximum absolute atomic E-state index is 11.9. The molecule has 0 saturated carbocycles. The Morgan fingerprint density at radius 1 is 1.30 bits per heavy atom. The molecule has 0 aliphatic carbocycles. The number of amides is 1. The topological polar surface area (TPSA) is 88.5 Å². The van der Waals surface area contributed by atoms with Crippen molar-refractivity contribution in [3.63, 3.8) is 0 Å². The maximum Gasteiger partial charge on any atom is 0.308 e. The van der Waals surface area contributed by atoms with Crippen molar-refractivity contribution in [2.24, 2.45) is 0 Å². The minimum absolute atomic E-state index is 0.0791. The fourth-order valence-corrected chi connectivity index (χ4v) is 2.87. The molecular weight excluding hydrogens is 316 g/mol. The van der Waals surface area contributed by atoms with E-state index in [1.54, 1.807) is 6.92 Å². The molecule has 122 valence electrons. The van der Waals surface area contributed by atoms with E-state index < -0.39 is 5.97 Å². The molecule has 6 nitrogen and oxygen atoms in total. The third kappa shape index (κ3) is 5.71. The zero-order valence-electron chi connectivity index (χ0n) is 12.7. The van der Waals surface area contributed by atoms with Gasteiger partial charge in [-0.1, -0.05) is 18.2 Å². The molecule has 7 heteroatoms. The fourth-order valence-electron chi connectivity index (χ4n) is 1.90. The van der Waals surface area contributed by atoms with Gasteiger partial charge in [-0.2, -0.15) is 0 Å². The standard InChI is InChI=1S/C16H18N2O4S/c1-11-13(10-15(20)21)23-16(17-11)18-14(19)8-5-9-22-12-6-3-2-4-7-12/h2-4,6-7H,5,8-10H2,1H3,(H,20,21)(H,17,18,19). The van der Waals surface area contributed by atoms with Gasteiger partial charge >= 0.3 is 5.97 Å². The normalized spacial score (nSPS) is 10.3. The van der Waals surface area contributed by atoms with Crippen LogP contribution < -0.4 is 10.1 Å². The van der Waals surface area contributed by atoms with E-state index in [1.165, 1.54) is 11.3 Å². The number of carbonyl (C=O) groups excluding carboxylic acids is 1. The second-order valence-corrected chi connectivity index (χ2v) is 5.99. The van der Waals surface area contributed by atoms with Crippen LogP contribution in [0.15, 0.2) is 30.3 Å². The summed E-state index contributed by atoms with van der Waals surface area (Å²) in [5.41, 5.74) is 0.639. The molecule has 23 heavy (non-hydrogen) atoms. The quantitative estimate of drug-likeness (QED) is 0.725. The van der Waals surface area contributed by atoms with Gasteiger partial charge in [0.15, 0.2) is 5.13 Å². The summed E-state index contributed by atoms with van der Waals surface area (Å²) < 4.78 is 5.52. The number of rotatable bonds is 8. The largest absolute Gasteiger partial charge is 0.494 e. The Hall–Kier alpha value is -2.41. The number of carbonyl (C=O) groups is 2. The van der Waals surface area contributed by atoms with Crippen molar-refractivity contribution in [3.8, 4) is 5.75 Å². The van der Waals surface area contributed by atoms with Crippen LogP contribution in [-0.2, 0) is 16.0 Å². The molecule has 1 aromatic carbocycles. The number of aryl methyl sites for hydroxylation is 1. The van der Waals surface area contributed by atoms with Crippen LogP contribution in [0.4, 0.5) is 5.13 Å². The molecule has 0 fully saturated rings. The number of carboxylic acid groups (broad SMARTS) is 1. The molecule has 2 N–H and O–H groups in total. The Morgan fingerprint density at radius 3 is 2.74 bits per heavy atom. The summed E-state index contributed by atoms with van der Waals surface area (Å²) in [6.07, 6.45) is 0.830. The van der Waals surface area contributed by atoms with E-state index in [-0.39, 0.29) is 12.3 Å².